The number of ether oxygens (including phenoxy) is 1. The second kappa shape index (κ2) is 8.23. The van der Waals surface area contributed by atoms with Crippen molar-refractivity contribution in [2.24, 2.45) is 5.73 Å². The summed E-state index contributed by atoms with van der Waals surface area (Å²) in [4.78, 5) is 12.4. The summed E-state index contributed by atoms with van der Waals surface area (Å²) in [6, 6.07) is 17.0. The van der Waals surface area contributed by atoms with E-state index in [1.807, 2.05) is 54.6 Å². The molecule has 3 rings (SSSR count). The summed E-state index contributed by atoms with van der Waals surface area (Å²) >= 11 is 0. The predicted octanol–water partition coefficient (Wildman–Crippen LogP) is 3.25. The largest absolute Gasteiger partial charge is 0.497 e. The van der Waals surface area contributed by atoms with Crippen molar-refractivity contribution in [3.05, 3.63) is 77.2 Å². The number of hydrogen-bond acceptors (Lipinski definition) is 5. The molecule has 6 nitrogen and oxygen atoms in total. The molecule has 3 N–H and O–H groups in total. The maximum atomic E-state index is 12.4. The van der Waals surface area contributed by atoms with E-state index in [9.17, 15) is 4.79 Å². The molecule has 138 valence electrons. The van der Waals surface area contributed by atoms with E-state index in [0.29, 0.717) is 29.1 Å². The number of carbonyl (C=O) groups is 1. The van der Waals surface area contributed by atoms with Crippen LogP contribution in [0.2, 0.25) is 0 Å². The van der Waals surface area contributed by atoms with Crippen LogP contribution in [0.1, 0.15) is 21.7 Å². The highest BCUT2D eigenvalue weighted by molar-refractivity contribution is 6.02. The van der Waals surface area contributed by atoms with E-state index in [0.717, 1.165) is 16.9 Å². The van der Waals surface area contributed by atoms with Crippen LogP contribution in [-0.2, 0) is 6.42 Å². The molecule has 3 aromatic rings. The average Bonchev–Trinajstić information content (AvgIpc) is 3.12. The van der Waals surface area contributed by atoms with Crippen molar-refractivity contribution < 1.29 is 14.1 Å². The number of nitrogens with zero attached hydrogens (tertiary/aromatic N) is 1. The zero-order valence-electron chi connectivity index (χ0n) is 15.2. The lowest BCUT2D eigenvalue weighted by Crippen LogP contribution is -2.19. The Morgan fingerprint density at radius 2 is 1.89 bits per heavy atom. The van der Waals surface area contributed by atoms with Crippen LogP contribution in [0.5, 0.6) is 5.75 Å². The highest BCUT2D eigenvalue weighted by Crippen LogP contribution is 2.27. The summed E-state index contributed by atoms with van der Waals surface area (Å²) in [5, 5.41) is 6.72. The van der Waals surface area contributed by atoms with Crippen LogP contribution in [0.25, 0.3) is 17.3 Å². The topological polar surface area (TPSA) is 90.4 Å². The second-order valence-electron chi connectivity index (χ2n) is 5.96. The van der Waals surface area contributed by atoms with Gasteiger partial charge in [0.15, 0.2) is 5.76 Å². The minimum Gasteiger partial charge on any atom is -0.497 e. The number of nitrogens with two attached hydrogens (primary N) is 1. The molecule has 0 saturated heterocycles. The number of rotatable bonds is 6. The van der Waals surface area contributed by atoms with Crippen LogP contribution < -0.4 is 15.8 Å². The van der Waals surface area contributed by atoms with Crippen molar-refractivity contribution in [1.29, 1.82) is 0 Å². The highest BCUT2D eigenvalue weighted by Gasteiger charge is 2.22. The average molecular weight is 363 g/mol. The van der Waals surface area contributed by atoms with Crippen LogP contribution in [0, 0.1) is 0 Å². The van der Waals surface area contributed by atoms with Crippen molar-refractivity contribution in [1.82, 2.24) is 10.5 Å². The Hall–Kier alpha value is -3.54. The van der Waals surface area contributed by atoms with E-state index in [2.05, 4.69) is 10.5 Å². The number of benzene rings is 2. The maximum absolute atomic E-state index is 12.4. The van der Waals surface area contributed by atoms with Crippen molar-refractivity contribution in [2.75, 3.05) is 14.2 Å². The summed E-state index contributed by atoms with van der Waals surface area (Å²) in [7, 11) is 3.19. The molecule has 0 saturated carbocycles. The van der Waals surface area contributed by atoms with Gasteiger partial charge in [-0.3, -0.25) is 4.79 Å². The van der Waals surface area contributed by atoms with E-state index in [1.165, 1.54) is 0 Å². The monoisotopic (exact) mass is 363 g/mol. The summed E-state index contributed by atoms with van der Waals surface area (Å²) in [5.41, 5.74) is 9.40. The van der Waals surface area contributed by atoms with E-state index >= 15 is 0 Å². The van der Waals surface area contributed by atoms with Crippen molar-refractivity contribution >= 4 is 12.0 Å². The molecule has 0 atom stereocenters. The first kappa shape index (κ1) is 18.3. The Balaban J connectivity index is 1.92. The second-order valence-corrected chi connectivity index (χ2v) is 5.96. The van der Waals surface area contributed by atoms with E-state index in [4.69, 9.17) is 15.0 Å². The maximum Gasteiger partial charge on any atom is 0.257 e. The molecule has 0 aliphatic rings. The lowest BCUT2D eigenvalue weighted by Gasteiger charge is -2.05. The minimum absolute atomic E-state index is 0.279. The lowest BCUT2D eigenvalue weighted by atomic mass is 10.0. The number of carbonyl (C=O) groups excluding carboxylic acids is 1. The molecule has 27 heavy (non-hydrogen) atoms. The van der Waals surface area contributed by atoms with Crippen LogP contribution in [-0.4, -0.2) is 25.2 Å². The van der Waals surface area contributed by atoms with Gasteiger partial charge >= 0.3 is 0 Å². The van der Waals surface area contributed by atoms with Crippen molar-refractivity contribution in [2.45, 2.75) is 6.42 Å². The van der Waals surface area contributed by atoms with Gasteiger partial charge in [0.1, 0.15) is 17.0 Å². The normalized spacial score (nSPS) is 11.3. The number of amides is 1. The van der Waals surface area contributed by atoms with Gasteiger partial charge in [0.05, 0.1) is 7.11 Å². The molecule has 0 radical (unpaired) electrons. The minimum atomic E-state index is -0.279. The number of allylic oxidation sites excluding steroid dienone is 1. The summed E-state index contributed by atoms with van der Waals surface area (Å²) in [6.45, 7) is 0. The van der Waals surface area contributed by atoms with Gasteiger partial charge in [0.25, 0.3) is 5.91 Å². The third kappa shape index (κ3) is 4.17. The Bertz CT molecular complexity index is 945. The molecule has 1 aromatic heterocycles. The van der Waals surface area contributed by atoms with Crippen LogP contribution >= 0.6 is 0 Å². The van der Waals surface area contributed by atoms with Gasteiger partial charge in [-0.05, 0) is 17.7 Å². The number of hydrogen-bond donors (Lipinski definition) is 2. The SMILES string of the molecule is CNC(=O)c1c(-c2ccccc2)noc1/C=C(\N)Cc1ccc(OC)cc1. The Kier molecular flexibility index (Phi) is 5.56. The van der Waals surface area contributed by atoms with Gasteiger partial charge in [-0.15, -0.1) is 0 Å². The number of methoxy groups -OCH3 is 1. The molecule has 6 heteroatoms. The lowest BCUT2D eigenvalue weighted by molar-refractivity contribution is 0.0963. The van der Waals surface area contributed by atoms with E-state index in [1.54, 1.807) is 20.2 Å². The molecular formula is C21H21N3O3. The zero-order chi connectivity index (χ0) is 19.2. The van der Waals surface area contributed by atoms with E-state index in [-0.39, 0.29) is 5.91 Å². The van der Waals surface area contributed by atoms with Crippen LogP contribution in [0.4, 0.5) is 0 Å². The molecule has 1 heterocycles. The molecule has 2 aromatic carbocycles. The predicted molar refractivity (Wildman–Crippen MR) is 104 cm³/mol. The molecule has 0 aliphatic carbocycles. The Morgan fingerprint density at radius 3 is 2.52 bits per heavy atom. The quantitative estimate of drug-likeness (QED) is 0.701. The Labute approximate surface area is 157 Å². The van der Waals surface area contributed by atoms with Gasteiger partial charge in [-0.1, -0.05) is 47.6 Å². The third-order valence-electron chi connectivity index (χ3n) is 4.10. The van der Waals surface area contributed by atoms with Gasteiger partial charge in [0.2, 0.25) is 0 Å². The zero-order valence-corrected chi connectivity index (χ0v) is 15.2. The first-order valence-electron chi connectivity index (χ1n) is 8.48. The molecule has 0 spiro atoms. The van der Waals surface area contributed by atoms with Gasteiger partial charge < -0.3 is 20.3 Å². The number of aromatic nitrogens is 1. The van der Waals surface area contributed by atoms with Crippen molar-refractivity contribution in [3.8, 4) is 17.0 Å². The molecule has 0 bridgehead atoms. The molecule has 0 unspecified atom stereocenters. The van der Waals surface area contributed by atoms with E-state index < -0.39 is 0 Å². The first-order valence-corrected chi connectivity index (χ1v) is 8.48. The van der Waals surface area contributed by atoms with Crippen LogP contribution in [0.3, 0.4) is 0 Å². The first-order chi connectivity index (χ1) is 13.1. The highest BCUT2D eigenvalue weighted by atomic mass is 16.5. The summed E-state index contributed by atoms with van der Waals surface area (Å²) < 4.78 is 10.6. The molecule has 1 amide bonds. The summed E-state index contributed by atoms with van der Waals surface area (Å²) in [6.07, 6.45) is 2.16. The Morgan fingerprint density at radius 1 is 1.19 bits per heavy atom. The fourth-order valence-corrected chi connectivity index (χ4v) is 2.74. The molecular weight excluding hydrogens is 342 g/mol. The number of nitrogens with one attached hydrogen (secondary N) is 1. The third-order valence-corrected chi connectivity index (χ3v) is 4.10. The fourth-order valence-electron chi connectivity index (χ4n) is 2.74. The van der Waals surface area contributed by atoms with Gasteiger partial charge in [0, 0.05) is 30.8 Å². The smallest absolute Gasteiger partial charge is 0.257 e. The molecule has 0 aliphatic heterocycles. The van der Waals surface area contributed by atoms with Gasteiger partial charge in [-0.2, -0.15) is 0 Å². The standard InChI is InChI=1S/C21H21N3O3/c1-23-21(25)19-18(27-24-20(19)15-6-4-3-5-7-15)13-16(22)12-14-8-10-17(26-2)11-9-14/h3-11,13H,12,22H2,1-2H3,(H,23,25)/b16-13-. The molecule has 0 fully saturated rings. The fraction of sp³-hybridized carbons (Fsp3) is 0.143. The van der Waals surface area contributed by atoms with Crippen LogP contribution in [0.15, 0.2) is 64.8 Å². The van der Waals surface area contributed by atoms with Gasteiger partial charge in [-0.25, -0.2) is 0 Å². The summed E-state index contributed by atoms with van der Waals surface area (Å²) in [5.74, 6) is 0.837. The van der Waals surface area contributed by atoms with Crippen molar-refractivity contribution in [3.63, 3.8) is 0 Å².